The Balaban J connectivity index is 1.93. The van der Waals surface area contributed by atoms with E-state index in [1.54, 1.807) is 24.5 Å². The van der Waals surface area contributed by atoms with Crippen LogP contribution in [0, 0.1) is 0 Å². The molecule has 8 nitrogen and oxygen atoms in total. The van der Waals surface area contributed by atoms with Crippen LogP contribution < -0.4 is 29.1 Å². The zero-order valence-electron chi connectivity index (χ0n) is 23.1. The number of hydrogen-bond donors (Lipinski definition) is 0. The van der Waals surface area contributed by atoms with Crippen molar-refractivity contribution in [1.29, 1.82) is 0 Å². The fraction of sp³-hybridized carbons (Fsp3) is 0.367. The Morgan fingerprint density at radius 3 is 2.44 bits per heavy atom. The number of carbonyl (C=O) groups is 1. The minimum Gasteiger partial charge on any atom is -0.491 e. The van der Waals surface area contributed by atoms with Gasteiger partial charge in [0.15, 0.2) is 16.3 Å². The van der Waals surface area contributed by atoms with Gasteiger partial charge in [0.05, 0.1) is 41.7 Å². The number of fused-ring (bicyclic) bond motifs is 1. The summed E-state index contributed by atoms with van der Waals surface area (Å²) in [5.74, 6) is 1.34. The second-order valence-corrected chi connectivity index (χ2v) is 10.1. The molecule has 206 valence electrons. The Morgan fingerprint density at radius 2 is 1.74 bits per heavy atom. The molecule has 1 atom stereocenters. The molecule has 3 aromatic rings. The quantitative estimate of drug-likeness (QED) is 0.348. The van der Waals surface area contributed by atoms with E-state index in [0.717, 1.165) is 5.56 Å². The molecule has 39 heavy (non-hydrogen) atoms. The van der Waals surface area contributed by atoms with Crippen molar-refractivity contribution in [2.24, 2.45) is 4.99 Å². The summed E-state index contributed by atoms with van der Waals surface area (Å²) in [5.41, 5.74) is 2.04. The van der Waals surface area contributed by atoms with Gasteiger partial charge in [0.2, 0.25) is 0 Å². The van der Waals surface area contributed by atoms with Crippen molar-refractivity contribution < 1.29 is 23.7 Å². The lowest BCUT2D eigenvalue weighted by molar-refractivity contribution is -0.139. The van der Waals surface area contributed by atoms with Gasteiger partial charge >= 0.3 is 5.97 Å². The molecule has 0 radical (unpaired) electrons. The van der Waals surface area contributed by atoms with Gasteiger partial charge in [-0.25, -0.2) is 9.79 Å². The van der Waals surface area contributed by atoms with Crippen molar-refractivity contribution in [1.82, 2.24) is 4.57 Å². The number of para-hydroxylation sites is 1. The molecule has 0 spiro atoms. The number of benzene rings is 2. The van der Waals surface area contributed by atoms with Crippen molar-refractivity contribution in [2.75, 3.05) is 19.8 Å². The zero-order valence-corrected chi connectivity index (χ0v) is 24.0. The van der Waals surface area contributed by atoms with Gasteiger partial charge in [-0.2, -0.15) is 0 Å². The average molecular weight is 551 g/mol. The van der Waals surface area contributed by atoms with Gasteiger partial charge in [-0.1, -0.05) is 35.6 Å². The van der Waals surface area contributed by atoms with Gasteiger partial charge in [-0.05, 0) is 71.4 Å². The first-order valence-electron chi connectivity index (χ1n) is 13.1. The van der Waals surface area contributed by atoms with Crippen molar-refractivity contribution in [2.45, 2.75) is 53.7 Å². The molecule has 0 bridgehead atoms. The predicted octanol–water partition coefficient (Wildman–Crippen LogP) is 4.38. The van der Waals surface area contributed by atoms with Crippen LogP contribution in [0.25, 0.3) is 6.08 Å². The summed E-state index contributed by atoms with van der Waals surface area (Å²) in [6, 6.07) is 12.3. The molecular formula is C30H34N2O6S. The van der Waals surface area contributed by atoms with Crippen LogP contribution in [0.4, 0.5) is 0 Å². The lowest BCUT2D eigenvalue weighted by Crippen LogP contribution is -2.40. The van der Waals surface area contributed by atoms with Crippen molar-refractivity contribution >= 4 is 23.4 Å². The molecule has 0 aliphatic carbocycles. The Labute approximate surface area is 231 Å². The molecule has 0 saturated heterocycles. The fourth-order valence-corrected chi connectivity index (χ4v) is 5.51. The van der Waals surface area contributed by atoms with Crippen LogP contribution in [0.5, 0.6) is 17.2 Å². The number of ether oxygens (including phenoxy) is 4. The molecule has 0 fully saturated rings. The number of thiazole rings is 1. The van der Waals surface area contributed by atoms with Crippen LogP contribution in [0.1, 0.15) is 58.7 Å². The van der Waals surface area contributed by atoms with Crippen molar-refractivity contribution in [3.8, 4) is 17.2 Å². The van der Waals surface area contributed by atoms with E-state index >= 15 is 0 Å². The maximum atomic E-state index is 14.0. The Morgan fingerprint density at radius 1 is 1.03 bits per heavy atom. The highest BCUT2D eigenvalue weighted by Crippen LogP contribution is 2.36. The third-order valence-corrected chi connectivity index (χ3v) is 6.94. The molecule has 0 N–H and O–H groups in total. The van der Waals surface area contributed by atoms with Crippen LogP contribution in [0.3, 0.4) is 0 Å². The van der Waals surface area contributed by atoms with Gasteiger partial charge in [0.1, 0.15) is 11.8 Å². The molecule has 1 aromatic heterocycles. The Bertz CT molecular complexity index is 1570. The number of aromatic nitrogens is 1. The first-order chi connectivity index (χ1) is 18.8. The van der Waals surface area contributed by atoms with Gasteiger partial charge < -0.3 is 18.9 Å². The van der Waals surface area contributed by atoms with E-state index in [2.05, 4.69) is 4.99 Å². The molecule has 0 saturated carbocycles. The van der Waals surface area contributed by atoms with Gasteiger partial charge in [0.25, 0.3) is 5.56 Å². The third kappa shape index (κ3) is 5.93. The maximum absolute atomic E-state index is 14.0. The maximum Gasteiger partial charge on any atom is 0.338 e. The second-order valence-electron chi connectivity index (χ2n) is 9.08. The molecule has 2 heterocycles. The van der Waals surface area contributed by atoms with E-state index < -0.39 is 12.0 Å². The van der Waals surface area contributed by atoms with Crippen LogP contribution >= 0.6 is 11.3 Å². The number of allylic oxidation sites excluding steroid dienone is 1. The standard InChI is InChI=1S/C30H34N2O6S/c1-7-35-23-15-14-20(16-24(23)36-8-2)17-25-28(33)32-27(21-12-10-11-13-22(21)38-18(4)5)26(29(34)37-9-3)19(6)31-30(32)39-25/h10-18,27H,7-9H2,1-6H3/b25-17-. The molecule has 1 unspecified atom stereocenters. The molecule has 2 aromatic carbocycles. The van der Waals surface area contributed by atoms with Crippen LogP contribution in [0.2, 0.25) is 0 Å². The van der Waals surface area contributed by atoms with E-state index in [4.69, 9.17) is 18.9 Å². The SMILES string of the molecule is CCOC(=O)C1=C(C)N=c2s/c(=C\c3ccc(OCC)c(OCC)c3)c(=O)n2C1c1ccccc1OC(C)C. The molecule has 4 rings (SSSR count). The smallest absolute Gasteiger partial charge is 0.338 e. The topological polar surface area (TPSA) is 88.4 Å². The van der Waals surface area contributed by atoms with E-state index in [0.29, 0.717) is 56.6 Å². The highest BCUT2D eigenvalue weighted by Gasteiger charge is 2.35. The van der Waals surface area contributed by atoms with Crippen LogP contribution in [-0.2, 0) is 9.53 Å². The summed E-state index contributed by atoms with van der Waals surface area (Å²) in [6.45, 7) is 12.4. The predicted molar refractivity (Wildman–Crippen MR) is 151 cm³/mol. The number of nitrogens with zero attached hydrogens (tertiary/aromatic N) is 2. The highest BCUT2D eigenvalue weighted by atomic mass is 32.1. The summed E-state index contributed by atoms with van der Waals surface area (Å²) in [6.07, 6.45) is 1.70. The normalized spacial score (nSPS) is 15.2. The average Bonchev–Trinajstić information content (AvgIpc) is 3.19. The largest absolute Gasteiger partial charge is 0.491 e. The van der Waals surface area contributed by atoms with Crippen LogP contribution in [0.15, 0.2) is 63.5 Å². The van der Waals surface area contributed by atoms with E-state index in [1.165, 1.54) is 11.3 Å². The minimum absolute atomic E-state index is 0.0997. The number of esters is 1. The number of carbonyl (C=O) groups excluding carboxylic acids is 1. The monoisotopic (exact) mass is 550 g/mol. The summed E-state index contributed by atoms with van der Waals surface area (Å²) >= 11 is 1.27. The van der Waals surface area contributed by atoms with Crippen molar-refractivity contribution in [3.05, 3.63) is 84.5 Å². The summed E-state index contributed by atoms with van der Waals surface area (Å²) in [4.78, 5) is 32.3. The Kier molecular flexibility index (Phi) is 8.91. The first-order valence-corrected chi connectivity index (χ1v) is 13.9. The number of rotatable bonds is 10. The summed E-state index contributed by atoms with van der Waals surface area (Å²) in [5, 5.41) is 0. The van der Waals surface area contributed by atoms with Gasteiger partial charge in [-0.15, -0.1) is 0 Å². The van der Waals surface area contributed by atoms with Gasteiger partial charge in [0, 0.05) is 5.56 Å². The first kappa shape index (κ1) is 28.2. The second kappa shape index (κ2) is 12.3. The summed E-state index contributed by atoms with van der Waals surface area (Å²) < 4.78 is 25.0. The fourth-order valence-electron chi connectivity index (χ4n) is 4.46. The van der Waals surface area contributed by atoms with E-state index in [-0.39, 0.29) is 18.3 Å². The van der Waals surface area contributed by atoms with E-state index in [1.807, 2.05) is 70.2 Å². The Hall–Kier alpha value is -3.85. The highest BCUT2D eigenvalue weighted by molar-refractivity contribution is 7.07. The molecule has 1 aliphatic heterocycles. The third-order valence-electron chi connectivity index (χ3n) is 5.96. The number of hydrogen-bond acceptors (Lipinski definition) is 8. The molecule has 0 amide bonds. The summed E-state index contributed by atoms with van der Waals surface area (Å²) in [7, 11) is 0. The van der Waals surface area contributed by atoms with E-state index in [9.17, 15) is 9.59 Å². The van der Waals surface area contributed by atoms with Crippen LogP contribution in [-0.4, -0.2) is 36.5 Å². The van der Waals surface area contributed by atoms with Gasteiger partial charge in [-0.3, -0.25) is 9.36 Å². The zero-order chi connectivity index (χ0) is 28.1. The lowest BCUT2D eigenvalue weighted by Gasteiger charge is -2.26. The minimum atomic E-state index is -0.753. The molecular weight excluding hydrogens is 516 g/mol. The molecule has 9 heteroatoms. The van der Waals surface area contributed by atoms with Crippen molar-refractivity contribution in [3.63, 3.8) is 0 Å². The lowest BCUT2D eigenvalue weighted by atomic mass is 9.95. The molecule has 1 aliphatic rings.